The zero-order valence-corrected chi connectivity index (χ0v) is 10.1. The van der Waals surface area contributed by atoms with Crippen molar-refractivity contribution < 1.29 is 9.84 Å². The first-order chi connectivity index (χ1) is 7.83. The maximum absolute atomic E-state index is 9.63. The van der Waals surface area contributed by atoms with Crippen molar-refractivity contribution in [3.8, 4) is 0 Å². The van der Waals surface area contributed by atoms with Gasteiger partial charge in [0.05, 0.1) is 19.3 Å². The maximum atomic E-state index is 9.63. The number of aliphatic hydroxyl groups excluding tert-OH is 1. The Morgan fingerprint density at radius 2 is 1.94 bits per heavy atom. The van der Waals surface area contributed by atoms with Gasteiger partial charge in [-0.05, 0) is 12.0 Å². The second-order valence-electron chi connectivity index (χ2n) is 4.15. The van der Waals surface area contributed by atoms with Crippen molar-refractivity contribution in [3.63, 3.8) is 0 Å². The van der Waals surface area contributed by atoms with Gasteiger partial charge < -0.3 is 9.84 Å². The standard InChI is InChI=1S/C14H22O2/c1-2-3-5-10-14(15)12-16-11-13-8-6-4-7-9-13/h4,6-9,14-15H,2-3,5,10-12H2,1H3/t14-/m1/s1. The number of benzene rings is 1. The maximum Gasteiger partial charge on any atom is 0.0773 e. The van der Waals surface area contributed by atoms with Crippen LogP contribution in [0.1, 0.15) is 38.2 Å². The average Bonchev–Trinajstić information content (AvgIpc) is 2.31. The van der Waals surface area contributed by atoms with Gasteiger partial charge in [0.25, 0.3) is 0 Å². The summed E-state index contributed by atoms with van der Waals surface area (Å²) in [4.78, 5) is 0. The van der Waals surface area contributed by atoms with E-state index in [1.165, 1.54) is 12.8 Å². The predicted octanol–water partition coefficient (Wildman–Crippen LogP) is 3.14. The highest BCUT2D eigenvalue weighted by Crippen LogP contribution is 2.05. The molecule has 1 aromatic rings. The lowest BCUT2D eigenvalue weighted by molar-refractivity contribution is 0.0234. The molecule has 1 N–H and O–H groups in total. The van der Waals surface area contributed by atoms with Crippen LogP contribution in [0.5, 0.6) is 0 Å². The Labute approximate surface area is 98.3 Å². The van der Waals surface area contributed by atoms with Crippen molar-refractivity contribution in [2.75, 3.05) is 6.61 Å². The predicted molar refractivity (Wildman–Crippen MR) is 66.2 cm³/mol. The first-order valence-corrected chi connectivity index (χ1v) is 6.12. The van der Waals surface area contributed by atoms with Crippen LogP contribution in [0.25, 0.3) is 0 Å². The van der Waals surface area contributed by atoms with Gasteiger partial charge in [0.15, 0.2) is 0 Å². The number of hydrogen-bond donors (Lipinski definition) is 1. The minimum Gasteiger partial charge on any atom is -0.391 e. The lowest BCUT2D eigenvalue weighted by atomic mass is 10.1. The molecule has 0 saturated carbocycles. The minimum absolute atomic E-state index is 0.310. The number of unbranched alkanes of at least 4 members (excludes halogenated alkanes) is 2. The van der Waals surface area contributed by atoms with Crippen molar-refractivity contribution in [3.05, 3.63) is 35.9 Å². The van der Waals surface area contributed by atoms with Crippen LogP contribution in [0.4, 0.5) is 0 Å². The normalized spacial score (nSPS) is 12.6. The molecular formula is C14H22O2. The molecule has 16 heavy (non-hydrogen) atoms. The Hall–Kier alpha value is -0.860. The number of rotatable bonds is 8. The highest BCUT2D eigenvalue weighted by Gasteiger charge is 2.03. The first kappa shape index (κ1) is 13.2. The summed E-state index contributed by atoms with van der Waals surface area (Å²) in [5.74, 6) is 0. The van der Waals surface area contributed by atoms with Crippen molar-refractivity contribution in [2.45, 2.75) is 45.3 Å². The summed E-state index contributed by atoms with van der Waals surface area (Å²) < 4.78 is 5.46. The molecule has 90 valence electrons. The summed E-state index contributed by atoms with van der Waals surface area (Å²) >= 11 is 0. The summed E-state index contributed by atoms with van der Waals surface area (Å²) in [5, 5.41) is 9.63. The highest BCUT2D eigenvalue weighted by molar-refractivity contribution is 5.13. The molecule has 1 atom stereocenters. The lowest BCUT2D eigenvalue weighted by Gasteiger charge is -2.10. The third-order valence-corrected chi connectivity index (χ3v) is 2.56. The van der Waals surface area contributed by atoms with E-state index in [4.69, 9.17) is 4.74 Å². The van der Waals surface area contributed by atoms with Gasteiger partial charge in [-0.1, -0.05) is 56.5 Å². The second kappa shape index (κ2) is 8.31. The number of hydrogen-bond acceptors (Lipinski definition) is 2. The smallest absolute Gasteiger partial charge is 0.0773 e. The van der Waals surface area contributed by atoms with E-state index < -0.39 is 0 Å². The molecule has 0 aliphatic heterocycles. The highest BCUT2D eigenvalue weighted by atomic mass is 16.5. The molecule has 1 rings (SSSR count). The Kier molecular flexibility index (Phi) is 6.86. The van der Waals surface area contributed by atoms with E-state index in [0.717, 1.165) is 18.4 Å². The third-order valence-electron chi connectivity index (χ3n) is 2.56. The van der Waals surface area contributed by atoms with Crippen molar-refractivity contribution in [1.29, 1.82) is 0 Å². The third kappa shape index (κ3) is 5.89. The molecule has 0 aromatic heterocycles. The van der Waals surface area contributed by atoms with Crippen LogP contribution in [0.3, 0.4) is 0 Å². The molecule has 1 aromatic carbocycles. The van der Waals surface area contributed by atoms with Crippen LogP contribution in [-0.4, -0.2) is 17.8 Å². The summed E-state index contributed by atoms with van der Waals surface area (Å²) in [6.07, 6.45) is 4.01. The van der Waals surface area contributed by atoms with E-state index in [0.29, 0.717) is 13.2 Å². The average molecular weight is 222 g/mol. The fourth-order valence-corrected chi connectivity index (χ4v) is 1.60. The largest absolute Gasteiger partial charge is 0.391 e. The molecular weight excluding hydrogens is 200 g/mol. The van der Waals surface area contributed by atoms with Gasteiger partial charge in [0.2, 0.25) is 0 Å². The molecule has 2 heteroatoms. The Morgan fingerprint density at radius 1 is 1.19 bits per heavy atom. The molecule has 0 aliphatic carbocycles. The molecule has 0 heterocycles. The Bertz CT molecular complexity index is 259. The van der Waals surface area contributed by atoms with Crippen LogP contribution in [0, 0.1) is 0 Å². The summed E-state index contributed by atoms with van der Waals surface area (Å²) in [5.41, 5.74) is 1.16. The molecule has 0 fully saturated rings. The van der Waals surface area contributed by atoms with Gasteiger partial charge >= 0.3 is 0 Å². The quantitative estimate of drug-likeness (QED) is 0.685. The van der Waals surface area contributed by atoms with E-state index >= 15 is 0 Å². The monoisotopic (exact) mass is 222 g/mol. The summed E-state index contributed by atoms with van der Waals surface area (Å²) in [7, 11) is 0. The number of ether oxygens (including phenoxy) is 1. The van der Waals surface area contributed by atoms with E-state index in [2.05, 4.69) is 6.92 Å². The molecule has 0 saturated heterocycles. The van der Waals surface area contributed by atoms with Crippen LogP contribution < -0.4 is 0 Å². The Balaban J connectivity index is 2.06. The summed E-state index contributed by atoms with van der Waals surface area (Å²) in [6, 6.07) is 10.0. The SMILES string of the molecule is CCCCC[C@@H](O)COCc1ccccc1. The zero-order valence-electron chi connectivity index (χ0n) is 10.1. The molecule has 0 aliphatic rings. The van der Waals surface area contributed by atoms with Gasteiger partial charge in [-0.3, -0.25) is 0 Å². The second-order valence-corrected chi connectivity index (χ2v) is 4.15. The van der Waals surface area contributed by atoms with Crippen LogP contribution in [-0.2, 0) is 11.3 Å². The van der Waals surface area contributed by atoms with Crippen LogP contribution in [0.15, 0.2) is 30.3 Å². The molecule has 0 radical (unpaired) electrons. The molecule has 0 bridgehead atoms. The van der Waals surface area contributed by atoms with Crippen molar-refractivity contribution in [1.82, 2.24) is 0 Å². The van der Waals surface area contributed by atoms with E-state index in [9.17, 15) is 5.11 Å². The van der Waals surface area contributed by atoms with Gasteiger partial charge in [-0.25, -0.2) is 0 Å². The zero-order chi connectivity index (χ0) is 11.6. The summed E-state index contributed by atoms with van der Waals surface area (Å²) in [6.45, 7) is 3.20. The van der Waals surface area contributed by atoms with Gasteiger partial charge in [0.1, 0.15) is 0 Å². The fourth-order valence-electron chi connectivity index (χ4n) is 1.60. The molecule has 2 nitrogen and oxygen atoms in total. The lowest BCUT2D eigenvalue weighted by Crippen LogP contribution is -2.14. The molecule has 0 unspecified atom stereocenters. The fraction of sp³-hybridized carbons (Fsp3) is 0.571. The van der Waals surface area contributed by atoms with E-state index in [-0.39, 0.29) is 6.10 Å². The van der Waals surface area contributed by atoms with Crippen LogP contribution in [0.2, 0.25) is 0 Å². The van der Waals surface area contributed by atoms with Gasteiger partial charge in [-0.2, -0.15) is 0 Å². The first-order valence-electron chi connectivity index (χ1n) is 6.12. The van der Waals surface area contributed by atoms with Crippen molar-refractivity contribution >= 4 is 0 Å². The minimum atomic E-state index is -0.310. The topological polar surface area (TPSA) is 29.5 Å². The van der Waals surface area contributed by atoms with Crippen molar-refractivity contribution in [2.24, 2.45) is 0 Å². The molecule has 0 spiro atoms. The molecule has 0 amide bonds. The number of aliphatic hydroxyl groups is 1. The van der Waals surface area contributed by atoms with E-state index in [1.54, 1.807) is 0 Å². The van der Waals surface area contributed by atoms with Crippen LogP contribution >= 0.6 is 0 Å². The van der Waals surface area contributed by atoms with Gasteiger partial charge in [-0.15, -0.1) is 0 Å². The Morgan fingerprint density at radius 3 is 2.62 bits per heavy atom. The van der Waals surface area contributed by atoms with E-state index in [1.807, 2.05) is 30.3 Å². The van der Waals surface area contributed by atoms with Gasteiger partial charge in [0, 0.05) is 0 Å².